The van der Waals surface area contributed by atoms with Crippen molar-refractivity contribution in [2.75, 3.05) is 12.4 Å². The summed E-state index contributed by atoms with van der Waals surface area (Å²) in [6, 6.07) is 8.18. The van der Waals surface area contributed by atoms with E-state index < -0.39 is 0 Å². The summed E-state index contributed by atoms with van der Waals surface area (Å²) in [5.41, 5.74) is 1.49. The highest BCUT2D eigenvalue weighted by molar-refractivity contribution is 5.66. The molecule has 1 aromatic rings. The molecule has 1 fully saturated rings. The molecule has 0 aromatic heterocycles. The van der Waals surface area contributed by atoms with Crippen LogP contribution >= 0.6 is 0 Å². The van der Waals surface area contributed by atoms with Gasteiger partial charge in [-0.3, -0.25) is 0 Å². The quantitative estimate of drug-likeness (QED) is 0.880. The molecule has 0 amide bonds. The highest BCUT2D eigenvalue weighted by atomic mass is 16.5. The Morgan fingerprint density at radius 1 is 1.39 bits per heavy atom. The Bertz CT molecular complexity index is 444. The monoisotopic (exact) mass is 244 g/mol. The SMILES string of the molecule is COc1cccc(C#N)c1NC(C)C1CCCC1. The molecule has 0 radical (unpaired) electrons. The number of nitrogens with zero attached hydrogens (tertiary/aromatic N) is 1. The lowest BCUT2D eigenvalue weighted by molar-refractivity contribution is 0.413. The molecule has 3 nitrogen and oxygen atoms in total. The lowest BCUT2D eigenvalue weighted by Crippen LogP contribution is -2.24. The minimum Gasteiger partial charge on any atom is -0.495 e. The van der Waals surface area contributed by atoms with Gasteiger partial charge < -0.3 is 10.1 Å². The average Bonchev–Trinajstić information content (AvgIpc) is 2.93. The molecule has 18 heavy (non-hydrogen) atoms. The van der Waals surface area contributed by atoms with Crippen molar-refractivity contribution in [1.82, 2.24) is 0 Å². The Kier molecular flexibility index (Phi) is 4.09. The number of nitriles is 1. The van der Waals surface area contributed by atoms with Crippen LogP contribution in [0.4, 0.5) is 5.69 Å². The Morgan fingerprint density at radius 3 is 2.72 bits per heavy atom. The van der Waals surface area contributed by atoms with Crippen LogP contribution in [0.5, 0.6) is 5.75 Å². The Morgan fingerprint density at radius 2 is 2.11 bits per heavy atom. The van der Waals surface area contributed by atoms with Crippen LogP contribution in [-0.2, 0) is 0 Å². The standard InChI is InChI=1S/C15H20N2O/c1-11(12-6-3-4-7-12)17-15-13(10-16)8-5-9-14(15)18-2/h5,8-9,11-12,17H,3-4,6-7H2,1-2H3. The molecule has 0 bridgehead atoms. The van der Waals surface area contributed by atoms with Crippen molar-refractivity contribution < 1.29 is 4.74 Å². The van der Waals surface area contributed by atoms with E-state index in [4.69, 9.17) is 4.74 Å². The van der Waals surface area contributed by atoms with Gasteiger partial charge in [0.1, 0.15) is 11.8 Å². The summed E-state index contributed by atoms with van der Waals surface area (Å²) in [4.78, 5) is 0. The van der Waals surface area contributed by atoms with Crippen molar-refractivity contribution >= 4 is 5.69 Å². The predicted octanol–water partition coefficient (Wildman–Crippen LogP) is 3.56. The fourth-order valence-electron chi connectivity index (χ4n) is 2.75. The maximum Gasteiger partial charge on any atom is 0.143 e. The van der Waals surface area contributed by atoms with E-state index in [1.54, 1.807) is 7.11 Å². The van der Waals surface area contributed by atoms with E-state index in [0.717, 1.165) is 11.4 Å². The number of rotatable bonds is 4. The second-order valence-corrected chi connectivity index (χ2v) is 4.97. The zero-order valence-corrected chi connectivity index (χ0v) is 11.1. The maximum absolute atomic E-state index is 9.17. The van der Waals surface area contributed by atoms with Crippen molar-refractivity contribution in [2.45, 2.75) is 38.6 Å². The molecule has 0 heterocycles. The third-order valence-corrected chi connectivity index (χ3v) is 3.85. The number of anilines is 1. The smallest absolute Gasteiger partial charge is 0.143 e. The van der Waals surface area contributed by atoms with Crippen LogP contribution in [0, 0.1) is 17.2 Å². The summed E-state index contributed by atoms with van der Waals surface area (Å²) in [6.07, 6.45) is 5.22. The minimum absolute atomic E-state index is 0.385. The van der Waals surface area contributed by atoms with E-state index in [2.05, 4.69) is 18.3 Å². The van der Waals surface area contributed by atoms with Crippen LogP contribution in [0.2, 0.25) is 0 Å². The van der Waals surface area contributed by atoms with Crippen molar-refractivity contribution in [1.29, 1.82) is 5.26 Å². The van der Waals surface area contributed by atoms with Crippen LogP contribution < -0.4 is 10.1 Å². The van der Waals surface area contributed by atoms with Crippen LogP contribution in [-0.4, -0.2) is 13.2 Å². The molecule has 0 aliphatic heterocycles. The molecule has 1 atom stereocenters. The molecular weight excluding hydrogens is 224 g/mol. The first-order valence-electron chi connectivity index (χ1n) is 6.60. The number of nitrogens with one attached hydrogen (secondary N) is 1. The summed E-state index contributed by atoms with van der Waals surface area (Å²) in [5.74, 6) is 1.46. The molecule has 3 heteroatoms. The first kappa shape index (κ1) is 12.8. The number of methoxy groups -OCH3 is 1. The molecule has 0 saturated heterocycles. The molecule has 96 valence electrons. The fourth-order valence-corrected chi connectivity index (χ4v) is 2.75. The van der Waals surface area contributed by atoms with Gasteiger partial charge in [0, 0.05) is 6.04 Å². The van der Waals surface area contributed by atoms with Gasteiger partial charge in [0.15, 0.2) is 0 Å². The highest BCUT2D eigenvalue weighted by Crippen LogP contribution is 2.33. The van der Waals surface area contributed by atoms with Gasteiger partial charge in [-0.25, -0.2) is 0 Å². The van der Waals surface area contributed by atoms with Gasteiger partial charge in [-0.05, 0) is 37.8 Å². The van der Waals surface area contributed by atoms with Crippen molar-refractivity contribution in [2.24, 2.45) is 5.92 Å². The van der Waals surface area contributed by atoms with Gasteiger partial charge in [0.2, 0.25) is 0 Å². The van der Waals surface area contributed by atoms with E-state index >= 15 is 0 Å². The van der Waals surface area contributed by atoms with E-state index in [1.807, 2.05) is 18.2 Å². The third-order valence-electron chi connectivity index (χ3n) is 3.85. The molecule has 1 N–H and O–H groups in total. The van der Waals surface area contributed by atoms with Crippen molar-refractivity contribution in [3.05, 3.63) is 23.8 Å². The number of para-hydroxylation sites is 1. The molecule has 1 unspecified atom stereocenters. The second kappa shape index (κ2) is 5.77. The van der Waals surface area contributed by atoms with Crippen LogP contribution in [0.3, 0.4) is 0 Å². The maximum atomic E-state index is 9.17. The third kappa shape index (κ3) is 2.59. The van der Waals surface area contributed by atoms with Gasteiger partial charge >= 0.3 is 0 Å². The summed E-state index contributed by atoms with van der Waals surface area (Å²) in [7, 11) is 1.64. The van der Waals surface area contributed by atoms with Gasteiger partial charge in [-0.15, -0.1) is 0 Å². The van der Waals surface area contributed by atoms with Crippen molar-refractivity contribution in [3.8, 4) is 11.8 Å². The second-order valence-electron chi connectivity index (χ2n) is 4.97. The van der Waals surface area contributed by atoms with E-state index in [9.17, 15) is 5.26 Å². The lowest BCUT2D eigenvalue weighted by Gasteiger charge is -2.23. The van der Waals surface area contributed by atoms with Crippen LogP contribution in [0.15, 0.2) is 18.2 Å². The Balaban J connectivity index is 2.19. The fraction of sp³-hybridized carbons (Fsp3) is 0.533. The number of benzene rings is 1. The molecule has 1 aromatic carbocycles. The number of hydrogen-bond acceptors (Lipinski definition) is 3. The first-order valence-corrected chi connectivity index (χ1v) is 6.60. The lowest BCUT2D eigenvalue weighted by atomic mass is 9.99. The molecule has 1 saturated carbocycles. The summed E-state index contributed by atoms with van der Waals surface area (Å²) in [6.45, 7) is 2.20. The molecule has 1 aliphatic rings. The largest absolute Gasteiger partial charge is 0.495 e. The average molecular weight is 244 g/mol. The van der Waals surface area contributed by atoms with E-state index in [1.165, 1.54) is 25.7 Å². The van der Waals surface area contributed by atoms with Gasteiger partial charge in [0.25, 0.3) is 0 Å². The topological polar surface area (TPSA) is 45.0 Å². The van der Waals surface area contributed by atoms with E-state index in [0.29, 0.717) is 17.5 Å². The molecule has 0 spiro atoms. The predicted molar refractivity (Wildman–Crippen MR) is 72.8 cm³/mol. The van der Waals surface area contributed by atoms with Crippen molar-refractivity contribution in [3.63, 3.8) is 0 Å². The summed E-state index contributed by atoms with van der Waals surface area (Å²) >= 11 is 0. The zero-order valence-electron chi connectivity index (χ0n) is 11.1. The molecule has 2 rings (SSSR count). The normalized spacial score (nSPS) is 17.2. The number of ether oxygens (including phenoxy) is 1. The molecule has 1 aliphatic carbocycles. The summed E-state index contributed by atoms with van der Waals surface area (Å²) in [5, 5.41) is 12.6. The van der Waals surface area contributed by atoms with Gasteiger partial charge in [0.05, 0.1) is 18.4 Å². The van der Waals surface area contributed by atoms with Crippen LogP contribution in [0.25, 0.3) is 0 Å². The highest BCUT2D eigenvalue weighted by Gasteiger charge is 2.23. The van der Waals surface area contributed by atoms with Gasteiger partial charge in [-0.2, -0.15) is 5.26 Å². The van der Waals surface area contributed by atoms with Gasteiger partial charge in [-0.1, -0.05) is 18.9 Å². The first-order chi connectivity index (χ1) is 8.76. The molecular formula is C15H20N2O. The Labute approximate surface area is 109 Å². The zero-order chi connectivity index (χ0) is 13.0. The number of hydrogen-bond donors (Lipinski definition) is 1. The Hall–Kier alpha value is -1.69. The van der Waals surface area contributed by atoms with E-state index in [-0.39, 0.29) is 0 Å². The summed E-state index contributed by atoms with van der Waals surface area (Å²) < 4.78 is 5.34. The minimum atomic E-state index is 0.385. The van der Waals surface area contributed by atoms with Crippen LogP contribution in [0.1, 0.15) is 38.2 Å².